The summed E-state index contributed by atoms with van der Waals surface area (Å²) in [6.07, 6.45) is -0.835. The quantitative estimate of drug-likeness (QED) is 0.346. The first kappa shape index (κ1) is 15.0. The van der Waals surface area contributed by atoms with E-state index >= 15 is 0 Å². The van der Waals surface area contributed by atoms with Gasteiger partial charge < -0.3 is 0 Å². The van der Waals surface area contributed by atoms with Gasteiger partial charge in [0.1, 0.15) is 11.6 Å². The van der Waals surface area contributed by atoms with Crippen LogP contribution in [0, 0.1) is 10.1 Å². The third-order valence-corrected chi connectivity index (χ3v) is 2.59. The Morgan fingerprint density at radius 2 is 1.89 bits per heavy atom. The van der Waals surface area contributed by atoms with E-state index in [4.69, 9.17) is 11.6 Å². The maximum Gasteiger partial charge on any atom is 0.270 e. The van der Waals surface area contributed by atoms with Gasteiger partial charge in [0.05, 0.1) is 22.8 Å². The van der Waals surface area contributed by atoms with E-state index < -0.39 is 22.9 Å². The van der Waals surface area contributed by atoms with Gasteiger partial charge in [0, 0.05) is 17.7 Å². The molecule has 0 aliphatic heterocycles. The fourth-order valence-electron chi connectivity index (χ4n) is 1.45. The summed E-state index contributed by atoms with van der Waals surface area (Å²) in [4.78, 5) is 43.8. The maximum absolute atomic E-state index is 11.8. The molecule has 0 N–H and O–H groups in total. The standard InChI is InChI=1S/C12H10ClNO5/c1-7(15)4-9(16)6-12(17)10-5-8(14(18)19)2-3-11(10)13/h2-3,5H,4,6H2,1H3. The molecular weight excluding hydrogens is 274 g/mol. The van der Waals surface area contributed by atoms with Crippen molar-refractivity contribution < 1.29 is 19.3 Å². The molecule has 1 aromatic rings. The molecule has 0 fully saturated rings. The van der Waals surface area contributed by atoms with Crippen molar-refractivity contribution in [3.05, 3.63) is 38.9 Å². The van der Waals surface area contributed by atoms with E-state index in [9.17, 15) is 24.5 Å². The molecule has 0 amide bonds. The molecule has 1 rings (SSSR count). The van der Waals surface area contributed by atoms with Crippen molar-refractivity contribution >= 4 is 34.6 Å². The lowest BCUT2D eigenvalue weighted by Gasteiger charge is -2.02. The highest BCUT2D eigenvalue weighted by Crippen LogP contribution is 2.23. The van der Waals surface area contributed by atoms with Crippen LogP contribution in [0.5, 0.6) is 0 Å². The number of rotatable bonds is 6. The summed E-state index contributed by atoms with van der Waals surface area (Å²) in [6, 6.07) is 3.41. The van der Waals surface area contributed by atoms with Gasteiger partial charge in [0.25, 0.3) is 5.69 Å². The second-order valence-electron chi connectivity index (χ2n) is 3.94. The number of nitro groups is 1. The SMILES string of the molecule is CC(=O)CC(=O)CC(=O)c1cc([N+](=O)[O-])ccc1Cl. The van der Waals surface area contributed by atoms with Gasteiger partial charge in [-0.3, -0.25) is 24.5 Å². The molecular formula is C12H10ClNO5. The Morgan fingerprint density at radius 1 is 1.26 bits per heavy atom. The molecule has 0 aromatic heterocycles. The number of nitrogens with zero attached hydrogens (tertiary/aromatic N) is 1. The van der Waals surface area contributed by atoms with Gasteiger partial charge in [0.15, 0.2) is 5.78 Å². The molecule has 0 bridgehead atoms. The number of Topliss-reactive ketones (excluding diaryl/α,β-unsaturated/α-hetero) is 3. The maximum atomic E-state index is 11.8. The van der Waals surface area contributed by atoms with E-state index in [0.29, 0.717) is 0 Å². The summed E-state index contributed by atoms with van der Waals surface area (Å²) in [7, 11) is 0. The Hall–Kier alpha value is -2.08. The largest absolute Gasteiger partial charge is 0.300 e. The number of carbonyl (C=O) groups excluding carboxylic acids is 3. The zero-order chi connectivity index (χ0) is 14.6. The first-order valence-electron chi connectivity index (χ1n) is 5.29. The van der Waals surface area contributed by atoms with E-state index in [-0.39, 0.29) is 28.5 Å². The molecule has 0 heterocycles. The average molecular weight is 284 g/mol. The highest BCUT2D eigenvalue weighted by molar-refractivity contribution is 6.34. The number of ketones is 3. The summed E-state index contributed by atoms with van der Waals surface area (Å²) in [6.45, 7) is 1.24. The predicted molar refractivity (Wildman–Crippen MR) is 67.4 cm³/mol. The van der Waals surface area contributed by atoms with Crippen molar-refractivity contribution in [3.8, 4) is 0 Å². The second kappa shape index (κ2) is 6.19. The summed E-state index contributed by atoms with van der Waals surface area (Å²) < 4.78 is 0. The lowest BCUT2D eigenvalue weighted by molar-refractivity contribution is -0.384. The van der Waals surface area contributed by atoms with Crippen LogP contribution >= 0.6 is 11.6 Å². The molecule has 0 spiro atoms. The molecule has 0 unspecified atom stereocenters. The highest BCUT2D eigenvalue weighted by atomic mass is 35.5. The number of nitro benzene ring substituents is 1. The van der Waals surface area contributed by atoms with Crippen molar-refractivity contribution in [2.75, 3.05) is 0 Å². The zero-order valence-corrected chi connectivity index (χ0v) is 10.8. The fourth-order valence-corrected chi connectivity index (χ4v) is 1.68. The van der Waals surface area contributed by atoms with E-state index in [1.165, 1.54) is 13.0 Å². The van der Waals surface area contributed by atoms with Crippen LogP contribution in [-0.4, -0.2) is 22.3 Å². The Labute approximate surface area is 113 Å². The number of carbonyl (C=O) groups is 3. The van der Waals surface area contributed by atoms with Crippen LogP contribution in [0.25, 0.3) is 0 Å². The Morgan fingerprint density at radius 3 is 2.42 bits per heavy atom. The van der Waals surface area contributed by atoms with E-state index in [2.05, 4.69) is 0 Å². The molecule has 0 saturated carbocycles. The highest BCUT2D eigenvalue weighted by Gasteiger charge is 2.19. The van der Waals surface area contributed by atoms with Crippen LogP contribution in [0.3, 0.4) is 0 Å². The van der Waals surface area contributed by atoms with Crippen LogP contribution in [0.4, 0.5) is 5.69 Å². The summed E-state index contributed by atoms with van der Waals surface area (Å²) in [5.41, 5.74) is -0.375. The van der Waals surface area contributed by atoms with Crippen LogP contribution < -0.4 is 0 Å². The molecule has 6 nitrogen and oxygen atoms in total. The van der Waals surface area contributed by atoms with Gasteiger partial charge in [-0.2, -0.15) is 0 Å². The molecule has 0 atom stereocenters. The summed E-state index contributed by atoms with van der Waals surface area (Å²) in [5, 5.41) is 10.6. The lowest BCUT2D eigenvalue weighted by atomic mass is 10.0. The number of hydrogen-bond donors (Lipinski definition) is 0. The van der Waals surface area contributed by atoms with E-state index in [1.807, 2.05) is 0 Å². The van der Waals surface area contributed by atoms with Crippen LogP contribution in [-0.2, 0) is 9.59 Å². The number of halogens is 1. The first-order chi connectivity index (χ1) is 8.81. The lowest BCUT2D eigenvalue weighted by Crippen LogP contribution is -2.11. The normalized spacial score (nSPS) is 10.0. The van der Waals surface area contributed by atoms with E-state index in [1.54, 1.807) is 0 Å². The minimum Gasteiger partial charge on any atom is -0.300 e. The van der Waals surface area contributed by atoms with Crippen LogP contribution in [0.15, 0.2) is 18.2 Å². The van der Waals surface area contributed by atoms with Gasteiger partial charge in [-0.05, 0) is 13.0 Å². The molecule has 0 aliphatic carbocycles. The fraction of sp³-hybridized carbons (Fsp3) is 0.250. The molecule has 1 aromatic carbocycles. The molecule has 0 aliphatic rings. The van der Waals surface area contributed by atoms with Crippen molar-refractivity contribution in [1.82, 2.24) is 0 Å². The Balaban J connectivity index is 2.93. The van der Waals surface area contributed by atoms with Gasteiger partial charge in [-0.25, -0.2) is 0 Å². The van der Waals surface area contributed by atoms with Crippen LogP contribution in [0.2, 0.25) is 5.02 Å². The Kier molecular flexibility index (Phi) is 4.88. The smallest absolute Gasteiger partial charge is 0.270 e. The van der Waals surface area contributed by atoms with Gasteiger partial charge in [0.2, 0.25) is 0 Å². The average Bonchev–Trinajstić information content (AvgIpc) is 2.27. The minimum absolute atomic E-state index is 0.0335. The predicted octanol–water partition coefficient (Wildman–Crippen LogP) is 2.37. The third kappa shape index (κ3) is 4.26. The monoisotopic (exact) mass is 283 g/mol. The Bertz CT molecular complexity index is 567. The number of hydrogen-bond acceptors (Lipinski definition) is 5. The molecule has 0 radical (unpaired) electrons. The first-order valence-corrected chi connectivity index (χ1v) is 5.67. The minimum atomic E-state index is -0.662. The molecule has 100 valence electrons. The molecule has 7 heteroatoms. The van der Waals surface area contributed by atoms with Crippen molar-refractivity contribution in [1.29, 1.82) is 0 Å². The van der Waals surface area contributed by atoms with Crippen LogP contribution in [0.1, 0.15) is 30.1 Å². The number of benzene rings is 1. The zero-order valence-electron chi connectivity index (χ0n) is 10.0. The molecule has 0 saturated heterocycles. The third-order valence-electron chi connectivity index (χ3n) is 2.27. The summed E-state index contributed by atoms with van der Waals surface area (Å²) in [5.74, 6) is -1.53. The second-order valence-corrected chi connectivity index (χ2v) is 4.35. The van der Waals surface area contributed by atoms with Gasteiger partial charge >= 0.3 is 0 Å². The topological polar surface area (TPSA) is 94.3 Å². The van der Waals surface area contributed by atoms with Crippen molar-refractivity contribution in [3.63, 3.8) is 0 Å². The summed E-state index contributed by atoms with van der Waals surface area (Å²) >= 11 is 5.76. The number of non-ortho nitro benzene ring substituents is 1. The van der Waals surface area contributed by atoms with Crippen molar-refractivity contribution in [2.45, 2.75) is 19.8 Å². The van der Waals surface area contributed by atoms with Crippen molar-refractivity contribution in [2.24, 2.45) is 0 Å². The van der Waals surface area contributed by atoms with Gasteiger partial charge in [-0.1, -0.05) is 11.6 Å². The molecule has 19 heavy (non-hydrogen) atoms. The van der Waals surface area contributed by atoms with Gasteiger partial charge in [-0.15, -0.1) is 0 Å². The van der Waals surface area contributed by atoms with E-state index in [0.717, 1.165) is 12.1 Å².